The molecule has 1 aromatic heterocycles. The number of primary amides is 1. The van der Waals surface area contributed by atoms with Crippen LogP contribution in [0, 0.1) is 11.7 Å². The van der Waals surface area contributed by atoms with Crippen LogP contribution in [0.4, 0.5) is 4.39 Å². The van der Waals surface area contributed by atoms with Crippen LogP contribution >= 0.6 is 11.6 Å². The maximum Gasteiger partial charge on any atom is 0.244 e. The lowest BCUT2D eigenvalue weighted by atomic mass is 9.97. The monoisotopic (exact) mass is 379 g/mol. The van der Waals surface area contributed by atoms with E-state index in [0.717, 1.165) is 12.0 Å². The Morgan fingerprint density at radius 3 is 2.73 bits per heavy atom. The van der Waals surface area contributed by atoms with Gasteiger partial charge >= 0.3 is 0 Å². The molecule has 0 aliphatic carbocycles. The molecule has 1 aliphatic rings. The largest absolute Gasteiger partial charge is 0.369 e. The number of carbonyl (C=O) groups is 2. The summed E-state index contributed by atoms with van der Waals surface area (Å²) in [4.78, 5) is 29.6. The van der Waals surface area contributed by atoms with Crippen LogP contribution in [0.2, 0.25) is 5.28 Å². The van der Waals surface area contributed by atoms with Gasteiger partial charge in [0, 0.05) is 19.5 Å². The molecule has 138 valence electrons. The second kappa shape index (κ2) is 7.82. The topological polar surface area (TPSA) is 94.1 Å². The number of rotatable bonds is 5. The van der Waals surface area contributed by atoms with E-state index in [9.17, 15) is 14.0 Å². The highest BCUT2D eigenvalue weighted by atomic mass is 35.5. The lowest BCUT2D eigenvalue weighted by Crippen LogP contribution is -2.45. The minimum Gasteiger partial charge on any atom is -0.369 e. The Morgan fingerprint density at radius 1 is 1.31 bits per heavy atom. The van der Waals surface area contributed by atoms with E-state index in [1.54, 1.807) is 17.0 Å². The number of carbonyl (C=O) groups excluding carboxylic acids is 2. The van der Waals surface area contributed by atoms with Gasteiger partial charge in [0.05, 0.1) is 5.92 Å². The number of hydrogen-bond donors (Lipinski definition) is 1. The molecule has 0 bridgehead atoms. The normalized spacial score (nSPS) is 17.3. The van der Waals surface area contributed by atoms with Crippen molar-refractivity contribution in [2.24, 2.45) is 11.7 Å². The van der Waals surface area contributed by atoms with Crippen LogP contribution in [-0.2, 0) is 22.6 Å². The van der Waals surface area contributed by atoms with Crippen molar-refractivity contribution in [2.45, 2.75) is 25.8 Å². The minimum absolute atomic E-state index is 0.0548. The SMILES string of the molecule is NC(=O)C1CCCN(C(=O)Cn2nc(Cc3ccc(F)cc3)nc2Cl)C1. The molecule has 1 aliphatic heterocycles. The number of aromatic nitrogens is 3. The number of halogens is 2. The lowest BCUT2D eigenvalue weighted by Gasteiger charge is -2.31. The number of amides is 2. The van der Waals surface area contributed by atoms with Gasteiger partial charge < -0.3 is 10.6 Å². The zero-order valence-corrected chi connectivity index (χ0v) is 14.8. The average Bonchev–Trinajstić information content (AvgIpc) is 2.96. The van der Waals surface area contributed by atoms with Crippen LogP contribution in [0.3, 0.4) is 0 Å². The quantitative estimate of drug-likeness (QED) is 0.849. The third kappa shape index (κ3) is 4.37. The van der Waals surface area contributed by atoms with Gasteiger partial charge in [-0.25, -0.2) is 14.1 Å². The molecule has 1 saturated heterocycles. The van der Waals surface area contributed by atoms with Crippen LogP contribution < -0.4 is 5.73 Å². The number of hydrogen-bond acceptors (Lipinski definition) is 4. The fourth-order valence-electron chi connectivity index (χ4n) is 2.99. The van der Waals surface area contributed by atoms with E-state index in [0.29, 0.717) is 31.8 Å². The molecule has 0 saturated carbocycles. The molecule has 2 aromatic rings. The Kier molecular flexibility index (Phi) is 5.51. The van der Waals surface area contributed by atoms with Gasteiger partial charge in [-0.15, -0.1) is 0 Å². The zero-order chi connectivity index (χ0) is 18.7. The molecule has 1 atom stereocenters. The van der Waals surface area contributed by atoms with E-state index in [-0.39, 0.29) is 35.4 Å². The maximum atomic E-state index is 13.0. The number of nitrogens with two attached hydrogens (primary N) is 1. The lowest BCUT2D eigenvalue weighted by molar-refractivity contribution is -0.135. The summed E-state index contributed by atoms with van der Waals surface area (Å²) >= 11 is 6.08. The van der Waals surface area contributed by atoms with Crippen molar-refractivity contribution in [1.29, 1.82) is 0 Å². The molecule has 9 heteroatoms. The zero-order valence-electron chi connectivity index (χ0n) is 14.1. The first-order valence-electron chi connectivity index (χ1n) is 8.33. The van der Waals surface area contributed by atoms with Crippen molar-refractivity contribution < 1.29 is 14.0 Å². The van der Waals surface area contributed by atoms with Gasteiger partial charge in [-0.1, -0.05) is 12.1 Å². The summed E-state index contributed by atoms with van der Waals surface area (Å²) in [5.41, 5.74) is 6.18. The number of nitrogens with zero attached hydrogens (tertiary/aromatic N) is 4. The van der Waals surface area contributed by atoms with E-state index in [2.05, 4.69) is 10.1 Å². The molecule has 2 amide bonds. The third-order valence-corrected chi connectivity index (χ3v) is 4.69. The first-order valence-corrected chi connectivity index (χ1v) is 8.71. The van der Waals surface area contributed by atoms with Crippen molar-refractivity contribution in [1.82, 2.24) is 19.7 Å². The van der Waals surface area contributed by atoms with E-state index in [1.165, 1.54) is 16.8 Å². The average molecular weight is 380 g/mol. The summed E-state index contributed by atoms with van der Waals surface area (Å²) in [5.74, 6) is -0.748. The van der Waals surface area contributed by atoms with Gasteiger partial charge in [0.15, 0.2) is 5.82 Å². The number of likely N-dealkylation sites (tertiary alicyclic amines) is 1. The van der Waals surface area contributed by atoms with Gasteiger partial charge in [0.1, 0.15) is 12.4 Å². The van der Waals surface area contributed by atoms with Crippen molar-refractivity contribution in [3.05, 3.63) is 46.8 Å². The van der Waals surface area contributed by atoms with Gasteiger partial charge in [0.25, 0.3) is 0 Å². The molecule has 1 fully saturated rings. The highest BCUT2D eigenvalue weighted by Crippen LogP contribution is 2.17. The summed E-state index contributed by atoms with van der Waals surface area (Å²) in [7, 11) is 0. The van der Waals surface area contributed by atoms with Gasteiger partial charge in [-0.05, 0) is 42.1 Å². The Morgan fingerprint density at radius 2 is 2.04 bits per heavy atom. The molecule has 2 N–H and O–H groups in total. The van der Waals surface area contributed by atoms with Crippen LogP contribution in [-0.4, -0.2) is 44.6 Å². The molecule has 7 nitrogen and oxygen atoms in total. The Balaban J connectivity index is 1.64. The molecule has 1 unspecified atom stereocenters. The molecular weight excluding hydrogens is 361 g/mol. The van der Waals surface area contributed by atoms with Crippen LogP contribution in [0.15, 0.2) is 24.3 Å². The minimum atomic E-state index is -0.386. The van der Waals surface area contributed by atoms with E-state index in [1.807, 2.05) is 0 Å². The summed E-state index contributed by atoms with van der Waals surface area (Å²) in [5, 5.41) is 4.37. The molecule has 26 heavy (non-hydrogen) atoms. The summed E-state index contributed by atoms with van der Waals surface area (Å²) in [6.45, 7) is 0.848. The van der Waals surface area contributed by atoms with E-state index >= 15 is 0 Å². The highest BCUT2D eigenvalue weighted by molar-refractivity contribution is 6.28. The predicted molar refractivity (Wildman–Crippen MR) is 92.7 cm³/mol. The predicted octanol–water partition coefficient (Wildman–Crippen LogP) is 1.39. The second-order valence-electron chi connectivity index (χ2n) is 6.34. The van der Waals surface area contributed by atoms with Crippen LogP contribution in [0.1, 0.15) is 24.2 Å². The maximum absolute atomic E-state index is 13.0. The number of benzene rings is 1. The standard InChI is InChI=1S/C17H19ClFN5O2/c18-17-21-14(8-11-3-5-13(19)6-4-11)22-24(17)10-15(25)23-7-1-2-12(9-23)16(20)26/h3-6,12H,1-2,7-10H2,(H2,20,26). The Hall–Kier alpha value is -2.48. The van der Waals surface area contributed by atoms with Crippen molar-refractivity contribution in [3.63, 3.8) is 0 Å². The summed E-state index contributed by atoms with van der Waals surface area (Å²) in [6.07, 6.45) is 1.82. The Bertz CT molecular complexity index is 808. The third-order valence-electron chi connectivity index (χ3n) is 4.41. The fraction of sp³-hybridized carbons (Fsp3) is 0.412. The summed E-state index contributed by atoms with van der Waals surface area (Å²) < 4.78 is 14.3. The smallest absolute Gasteiger partial charge is 0.244 e. The van der Waals surface area contributed by atoms with Crippen molar-refractivity contribution in [2.75, 3.05) is 13.1 Å². The van der Waals surface area contributed by atoms with Crippen LogP contribution in [0.5, 0.6) is 0 Å². The van der Waals surface area contributed by atoms with Crippen molar-refractivity contribution >= 4 is 23.4 Å². The van der Waals surface area contributed by atoms with Crippen molar-refractivity contribution in [3.8, 4) is 0 Å². The van der Waals surface area contributed by atoms with E-state index < -0.39 is 0 Å². The molecule has 1 aromatic carbocycles. The highest BCUT2D eigenvalue weighted by Gasteiger charge is 2.27. The second-order valence-corrected chi connectivity index (χ2v) is 6.68. The number of piperidine rings is 1. The first-order chi connectivity index (χ1) is 12.4. The Labute approximate surface area is 154 Å². The fourth-order valence-corrected chi connectivity index (χ4v) is 3.19. The molecular formula is C17H19ClFN5O2. The molecule has 0 radical (unpaired) electrons. The molecule has 2 heterocycles. The van der Waals surface area contributed by atoms with Gasteiger partial charge in [-0.2, -0.15) is 5.10 Å². The van der Waals surface area contributed by atoms with Gasteiger partial charge in [0.2, 0.25) is 17.1 Å². The molecule has 0 spiro atoms. The van der Waals surface area contributed by atoms with Gasteiger partial charge in [-0.3, -0.25) is 9.59 Å². The first kappa shape index (κ1) is 18.3. The summed E-state index contributed by atoms with van der Waals surface area (Å²) in [6, 6.07) is 6.02. The molecule has 3 rings (SSSR count). The van der Waals surface area contributed by atoms with Crippen LogP contribution in [0.25, 0.3) is 0 Å². The van der Waals surface area contributed by atoms with E-state index in [4.69, 9.17) is 17.3 Å².